The van der Waals surface area contributed by atoms with E-state index in [0.717, 1.165) is 12.8 Å². The van der Waals surface area contributed by atoms with Gasteiger partial charge in [-0.05, 0) is 24.7 Å². The highest BCUT2D eigenvalue weighted by Gasteiger charge is 2.78. The van der Waals surface area contributed by atoms with E-state index in [2.05, 4.69) is 0 Å². The maximum absolute atomic E-state index is 6.26. The highest BCUT2D eigenvalue weighted by molar-refractivity contribution is 6.53. The first-order valence-corrected chi connectivity index (χ1v) is 6.74. The van der Waals surface area contributed by atoms with Crippen molar-refractivity contribution >= 4 is 46.4 Å². The molecule has 0 spiro atoms. The fraction of sp³-hybridized carbons (Fsp3) is 1.00. The Labute approximate surface area is 104 Å². The fourth-order valence-electron chi connectivity index (χ4n) is 3.28. The van der Waals surface area contributed by atoms with Crippen molar-refractivity contribution in [2.75, 3.05) is 0 Å². The van der Waals surface area contributed by atoms with Crippen molar-refractivity contribution in [1.29, 1.82) is 0 Å². The summed E-state index contributed by atoms with van der Waals surface area (Å²) in [6, 6.07) is 0. The molecule has 3 rings (SSSR count). The topological polar surface area (TPSA) is 0 Å². The van der Waals surface area contributed by atoms with Crippen molar-refractivity contribution in [2.24, 2.45) is 23.7 Å². The van der Waals surface area contributed by atoms with Gasteiger partial charge in [-0.2, -0.15) is 0 Å². The van der Waals surface area contributed by atoms with Crippen LogP contribution in [0.15, 0.2) is 0 Å². The number of hydrogen-bond donors (Lipinski definition) is 0. The van der Waals surface area contributed by atoms with Gasteiger partial charge in [-0.3, -0.25) is 0 Å². The molecule has 0 aromatic carbocycles. The van der Waals surface area contributed by atoms with Crippen LogP contribution in [0.4, 0.5) is 0 Å². The zero-order valence-corrected chi connectivity index (χ0v) is 10.7. The predicted octanol–water partition coefficient (Wildman–Crippen LogP) is 4.40. The van der Waals surface area contributed by atoms with Crippen LogP contribution in [0, 0.1) is 23.7 Å². The molecule has 80 valence electrons. The van der Waals surface area contributed by atoms with Crippen LogP contribution >= 0.6 is 46.4 Å². The molecule has 0 nitrogen and oxygen atoms in total. The van der Waals surface area contributed by atoms with E-state index in [1.54, 1.807) is 0 Å². The van der Waals surface area contributed by atoms with E-state index in [9.17, 15) is 0 Å². The monoisotopic (exact) mass is 272 g/mol. The molecule has 0 aromatic heterocycles. The molecule has 0 N–H and O–H groups in total. The Morgan fingerprint density at radius 1 is 0.714 bits per heavy atom. The van der Waals surface area contributed by atoms with E-state index >= 15 is 0 Å². The summed E-state index contributed by atoms with van der Waals surface area (Å²) < 4.78 is -1.06. The first kappa shape index (κ1) is 10.3. The highest BCUT2D eigenvalue weighted by atomic mass is 35.5. The van der Waals surface area contributed by atoms with Crippen molar-refractivity contribution in [2.45, 2.75) is 34.3 Å². The molecule has 4 atom stereocenters. The molecule has 0 bridgehead atoms. The van der Waals surface area contributed by atoms with Gasteiger partial charge in [-0.15, -0.1) is 46.4 Å². The van der Waals surface area contributed by atoms with Gasteiger partial charge in [0.05, 0.1) is 0 Å². The third-order valence-electron chi connectivity index (χ3n) is 4.19. The lowest BCUT2D eigenvalue weighted by atomic mass is 10.0. The normalized spacial score (nSPS) is 52.3. The van der Waals surface area contributed by atoms with Crippen molar-refractivity contribution in [3.05, 3.63) is 0 Å². The second-order valence-corrected chi connectivity index (χ2v) is 7.79. The SMILES string of the molecule is ClC1(Cl)[C@@H]2[C@@H]3[C@H](CCCC[C@@H]21)C3(Cl)Cl. The Morgan fingerprint density at radius 2 is 1.07 bits per heavy atom. The Bertz CT molecular complexity index is 245. The molecule has 0 heterocycles. The van der Waals surface area contributed by atoms with Gasteiger partial charge in [0, 0.05) is 11.8 Å². The van der Waals surface area contributed by atoms with Crippen LogP contribution in [0.3, 0.4) is 0 Å². The Hall–Kier alpha value is 1.16. The van der Waals surface area contributed by atoms with E-state index < -0.39 is 8.67 Å². The summed E-state index contributed by atoms with van der Waals surface area (Å²) in [5, 5.41) is 0. The largest absolute Gasteiger partial charge is 0.125 e. The zero-order valence-electron chi connectivity index (χ0n) is 7.65. The average molecular weight is 274 g/mol. The summed E-state index contributed by atoms with van der Waals surface area (Å²) in [4.78, 5) is 0. The van der Waals surface area contributed by atoms with Crippen LogP contribution in [0.5, 0.6) is 0 Å². The molecule has 3 fully saturated rings. The van der Waals surface area contributed by atoms with Crippen molar-refractivity contribution in [3.8, 4) is 0 Å². The van der Waals surface area contributed by atoms with Crippen LogP contribution in [0.2, 0.25) is 0 Å². The molecule has 0 saturated heterocycles. The van der Waals surface area contributed by atoms with E-state index in [-0.39, 0.29) is 0 Å². The lowest BCUT2D eigenvalue weighted by molar-refractivity contribution is 0.467. The van der Waals surface area contributed by atoms with Gasteiger partial charge in [0.2, 0.25) is 0 Å². The van der Waals surface area contributed by atoms with Crippen LogP contribution < -0.4 is 0 Å². The fourth-order valence-corrected chi connectivity index (χ4v) is 5.16. The lowest BCUT2D eigenvalue weighted by Crippen LogP contribution is -1.98. The molecule has 0 amide bonds. The first-order chi connectivity index (χ1) is 6.47. The molecule has 4 heteroatoms. The van der Waals surface area contributed by atoms with Gasteiger partial charge in [0.1, 0.15) is 8.67 Å². The molecule has 3 aliphatic rings. The zero-order chi connectivity index (χ0) is 10.1. The summed E-state index contributed by atoms with van der Waals surface area (Å²) >= 11 is 25.0. The lowest BCUT2D eigenvalue weighted by Gasteiger charge is -2.03. The summed E-state index contributed by atoms with van der Waals surface area (Å²) in [5.41, 5.74) is 0. The highest BCUT2D eigenvalue weighted by Crippen LogP contribution is 2.77. The smallest absolute Gasteiger partial charge is 0.101 e. The standard InChI is InChI=1S/C10H12Cl4/c11-9(12)5-3-1-2-4-6-8(7(5)9)10(6,13)14/h5-8H,1-4H2/t5-,6-,7-,8-/m0/s1. The molecule has 0 aromatic rings. The Balaban J connectivity index is 1.85. The van der Waals surface area contributed by atoms with Crippen molar-refractivity contribution in [3.63, 3.8) is 0 Å². The summed E-state index contributed by atoms with van der Waals surface area (Å²) in [6.07, 6.45) is 4.72. The van der Waals surface area contributed by atoms with Crippen LogP contribution in [0.1, 0.15) is 25.7 Å². The molecule has 14 heavy (non-hydrogen) atoms. The maximum Gasteiger partial charge on any atom is 0.125 e. The van der Waals surface area contributed by atoms with Gasteiger partial charge in [-0.1, -0.05) is 12.8 Å². The Kier molecular flexibility index (Phi) is 2.13. The van der Waals surface area contributed by atoms with Gasteiger partial charge in [-0.25, -0.2) is 0 Å². The minimum atomic E-state index is -0.529. The van der Waals surface area contributed by atoms with Crippen molar-refractivity contribution in [1.82, 2.24) is 0 Å². The number of hydrogen-bond acceptors (Lipinski definition) is 0. The number of rotatable bonds is 0. The van der Waals surface area contributed by atoms with Gasteiger partial charge in [0.15, 0.2) is 0 Å². The van der Waals surface area contributed by atoms with Crippen LogP contribution in [0.25, 0.3) is 0 Å². The van der Waals surface area contributed by atoms with E-state index in [1.807, 2.05) is 0 Å². The van der Waals surface area contributed by atoms with Crippen LogP contribution in [-0.2, 0) is 0 Å². The van der Waals surface area contributed by atoms with Gasteiger partial charge >= 0.3 is 0 Å². The minimum absolute atomic E-state index is 0.353. The maximum atomic E-state index is 6.26. The van der Waals surface area contributed by atoms with E-state index in [0.29, 0.717) is 23.7 Å². The number of alkyl halides is 4. The van der Waals surface area contributed by atoms with Gasteiger partial charge in [0.25, 0.3) is 0 Å². The molecule has 0 aliphatic heterocycles. The number of fused-ring (bicyclic) bond motifs is 3. The quantitative estimate of drug-likeness (QED) is 0.574. The van der Waals surface area contributed by atoms with E-state index in [1.165, 1.54) is 12.8 Å². The average Bonchev–Trinajstić information content (AvgIpc) is 2.67. The van der Waals surface area contributed by atoms with Crippen LogP contribution in [-0.4, -0.2) is 8.67 Å². The molecule has 3 saturated carbocycles. The molecular weight excluding hydrogens is 262 g/mol. The van der Waals surface area contributed by atoms with Gasteiger partial charge < -0.3 is 0 Å². The third-order valence-corrected chi connectivity index (χ3v) is 6.32. The second kappa shape index (κ2) is 2.88. The van der Waals surface area contributed by atoms with E-state index in [4.69, 9.17) is 46.4 Å². The summed E-state index contributed by atoms with van der Waals surface area (Å²) in [5.74, 6) is 1.59. The summed E-state index contributed by atoms with van der Waals surface area (Å²) in [7, 11) is 0. The molecule has 0 unspecified atom stereocenters. The molecular formula is C10H12Cl4. The first-order valence-electron chi connectivity index (χ1n) is 5.23. The third kappa shape index (κ3) is 1.21. The van der Waals surface area contributed by atoms with Crippen molar-refractivity contribution < 1.29 is 0 Å². The summed E-state index contributed by atoms with van der Waals surface area (Å²) in [6.45, 7) is 0. The number of halogens is 4. The Morgan fingerprint density at radius 3 is 1.43 bits per heavy atom. The molecule has 0 radical (unpaired) electrons. The minimum Gasteiger partial charge on any atom is -0.101 e. The second-order valence-electron chi connectivity index (χ2n) is 4.90. The predicted molar refractivity (Wildman–Crippen MR) is 61.3 cm³/mol. The molecule has 3 aliphatic carbocycles.